The van der Waals surface area contributed by atoms with E-state index in [0.29, 0.717) is 0 Å². The van der Waals surface area contributed by atoms with E-state index in [1.807, 2.05) is 17.8 Å². The molecule has 124 valence electrons. The largest absolute Gasteiger partial charge is 0.293 e. The lowest BCUT2D eigenvalue weighted by Crippen LogP contribution is -2.31. The van der Waals surface area contributed by atoms with Gasteiger partial charge in [0.1, 0.15) is 0 Å². The normalized spacial score (nSPS) is 15.6. The molecule has 2 aromatic rings. The Morgan fingerprint density at radius 3 is 2.70 bits per heavy atom. The number of fused-ring (bicyclic) bond motifs is 1. The zero-order valence-corrected chi connectivity index (χ0v) is 14.3. The molecule has 2 heterocycles. The van der Waals surface area contributed by atoms with Crippen LogP contribution in [0.4, 0.5) is 0 Å². The lowest BCUT2D eigenvalue weighted by molar-refractivity contribution is 0.238. The third-order valence-electron chi connectivity index (χ3n) is 4.16. The summed E-state index contributed by atoms with van der Waals surface area (Å²) in [6, 6.07) is 10.4. The fraction of sp³-hybridized carbons (Fsp3) is 0.438. The average molecular weight is 334 g/mol. The maximum absolute atomic E-state index is 11.3. The third kappa shape index (κ3) is 3.99. The summed E-state index contributed by atoms with van der Waals surface area (Å²) in [5.41, 5.74) is 4.51. The van der Waals surface area contributed by atoms with E-state index in [1.54, 1.807) is 0 Å². The molecule has 0 bridgehead atoms. The Labute approximate surface area is 137 Å². The lowest BCUT2D eigenvalue weighted by atomic mass is 10.0. The van der Waals surface area contributed by atoms with Crippen LogP contribution in [0.1, 0.15) is 22.5 Å². The molecule has 1 aliphatic heterocycles. The van der Waals surface area contributed by atoms with Crippen LogP contribution in [0.15, 0.2) is 30.3 Å². The van der Waals surface area contributed by atoms with Gasteiger partial charge >= 0.3 is 0 Å². The van der Waals surface area contributed by atoms with E-state index < -0.39 is 10.0 Å². The van der Waals surface area contributed by atoms with Crippen LogP contribution in [0.5, 0.6) is 0 Å². The molecule has 0 saturated carbocycles. The van der Waals surface area contributed by atoms with Gasteiger partial charge < -0.3 is 0 Å². The molecular weight excluding hydrogens is 312 g/mol. The van der Waals surface area contributed by atoms with Crippen molar-refractivity contribution in [3.8, 4) is 0 Å². The maximum atomic E-state index is 11.3. The van der Waals surface area contributed by atoms with Crippen LogP contribution < -0.4 is 4.72 Å². The monoisotopic (exact) mass is 334 g/mol. The smallest absolute Gasteiger partial charge is 0.209 e. The van der Waals surface area contributed by atoms with E-state index >= 15 is 0 Å². The molecule has 0 fully saturated rings. The average Bonchev–Trinajstić information content (AvgIpc) is 2.82. The summed E-state index contributed by atoms with van der Waals surface area (Å²) < 4.78 is 27.0. The molecule has 0 amide bonds. The van der Waals surface area contributed by atoms with Gasteiger partial charge in [0.05, 0.1) is 24.2 Å². The molecule has 1 aromatic carbocycles. The molecule has 6 nitrogen and oxygen atoms in total. The van der Waals surface area contributed by atoms with Gasteiger partial charge in [-0.1, -0.05) is 30.3 Å². The minimum absolute atomic E-state index is 0.265. The van der Waals surface area contributed by atoms with Crippen molar-refractivity contribution in [1.29, 1.82) is 0 Å². The zero-order chi connectivity index (χ0) is 16.4. The Bertz CT molecular complexity index is 784. The van der Waals surface area contributed by atoms with E-state index in [0.717, 1.165) is 31.7 Å². The summed E-state index contributed by atoms with van der Waals surface area (Å²) in [4.78, 5) is 2.40. The molecule has 3 rings (SSSR count). The molecule has 0 radical (unpaired) electrons. The SMILES string of the molecule is Cn1nc(CNS(C)(=O)=O)c2c1CN(Cc1ccccc1)CC2. The molecule has 1 aromatic heterocycles. The van der Waals surface area contributed by atoms with Crippen LogP contribution in [-0.4, -0.2) is 35.9 Å². The fourth-order valence-electron chi connectivity index (χ4n) is 3.03. The standard InChI is InChI=1S/C16H22N4O2S/c1-19-16-12-20(11-13-6-4-3-5-7-13)9-8-14(16)15(18-19)10-17-23(2,21)22/h3-7,17H,8-12H2,1-2H3. The van der Waals surface area contributed by atoms with Crippen molar-refractivity contribution in [3.63, 3.8) is 0 Å². The summed E-state index contributed by atoms with van der Waals surface area (Å²) in [6.45, 7) is 2.98. The number of sulfonamides is 1. The van der Waals surface area contributed by atoms with Crippen molar-refractivity contribution in [2.75, 3.05) is 12.8 Å². The number of hydrogen-bond acceptors (Lipinski definition) is 4. The van der Waals surface area contributed by atoms with Crippen LogP contribution in [0.25, 0.3) is 0 Å². The number of nitrogens with one attached hydrogen (secondary N) is 1. The second kappa shape index (κ2) is 6.43. The number of benzene rings is 1. The Hall–Kier alpha value is -1.70. The Morgan fingerprint density at radius 2 is 2.00 bits per heavy atom. The number of nitrogens with zero attached hydrogens (tertiary/aromatic N) is 3. The molecule has 0 spiro atoms. The molecule has 0 aliphatic carbocycles. The van der Waals surface area contributed by atoms with Crippen molar-refractivity contribution in [2.24, 2.45) is 7.05 Å². The van der Waals surface area contributed by atoms with Crippen LogP contribution in [0.2, 0.25) is 0 Å². The van der Waals surface area contributed by atoms with Crippen molar-refractivity contribution < 1.29 is 8.42 Å². The lowest BCUT2D eigenvalue weighted by Gasteiger charge is -2.27. The van der Waals surface area contributed by atoms with Gasteiger partial charge in [-0.3, -0.25) is 9.58 Å². The van der Waals surface area contributed by atoms with Gasteiger partial charge in [0.25, 0.3) is 0 Å². The second-order valence-corrected chi connectivity index (χ2v) is 7.87. The van der Waals surface area contributed by atoms with Gasteiger partial charge in [-0.25, -0.2) is 13.1 Å². The van der Waals surface area contributed by atoms with Crippen molar-refractivity contribution in [1.82, 2.24) is 19.4 Å². The quantitative estimate of drug-likeness (QED) is 0.887. The van der Waals surface area contributed by atoms with E-state index in [2.05, 4.69) is 39.0 Å². The summed E-state index contributed by atoms with van der Waals surface area (Å²) in [5.74, 6) is 0. The molecule has 0 saturated heterocycles. The predicted octanol–water partition coefficient (Wildman–Crippen LogP) is 1.03. The van der Waals surface area contributed by atoms with Gasteiger partial charge in [-0.05, 0) is 12.0 Å². The van der Waals surface area contributed by atoms with E-state index in [-0.39, 0.29) is 6.54 Å². The highest BCUT2D eigenvalue weighted by atomic mass is 32.2. The minimum atomic E-state index is -3.20. The summed E-state index contributed by atoms with van der Waals surface area (Å²) in [6.07, 6.45) is 2.07. The van der Waals surface area contributed by atoms with Crippen LogP contribution in [-0.2, 0) is 43.1 Å². The predicted molar refractivity (Wildman–Crippen MR) is 89.2 cm³/mol. The number of aromatic nitrogens is 2. The summed E-state index contributed by atoms with van der Waals surface area (Å²) >= 11 is 0. The summed E-state index contributed by atoms with van der Waals surface area (Å²) in [5, 5.41) is 4.50. The highest BCUT2D eigenvalue weighted by Crippen LogP contribution is 2.23. The first-order chi connectivity index (χ1) is 10.9. The molecule has 23 heavy (non-hydrogen) atoms. The van der Waals surface area contributed by atoms with Gasteiger partial charge in [-0.15, -0.1) is 0 Å². The minimum Gasteiger partial charge on any atom is -0.293 e. The zero-order valence-electron chi connectivity index (χ0n) is 13.5. The molecule has 7 heteroatoms. The highest BCUT2D eigenvalue weighted by Gasteiger charge is 2.24. The van der Waals surface area contributed by atoms with Gasteiger partial charge in [0.2, 0.25) is 10.0 Å². The van der Waals surface area contributed by atoms with Gasteiger partial charge in [0.15, 0.2) is 0 Å². The Morgan fingerprint density at radius 1 is 1.26 bits per heavy atom. The van der Waals surface area contributed by atoms with Crippen LogP contribution in [0.3, 0.4) is 0 Å². The number of aryl methyl sites for hydroxylation is 1. The first kappa shape index (κ1) is 16.2. The first-order valence-corrected chi connectivity index (χ1v) is 9.56. The molecular formula is C16H22N4O2S. The highest BCUT2D eigenvalue weighted by molar-refractivity contribution is 7.88. The number of hydrogen-bond donors (Lipinski definition) is 1. The van der Waals surface area contributed by atoms with E-state index in [4.69, 9.17) is 0 Å². The Kier molecular flexibility index (Phi) is 4.52. The van der Waals surface area contributed by atoms with Crippen molar-refractivity contribution >= 4 is 10.0 Å². The third-order valence-corrected chi connectivity index (χ3v) is 4.83. The number of rotatable bonds is 5. The first-order valence-electron chi connectivity index (χ1n) is 7.67. The molecule has 1 N–H and O–H groups in total. The molecule has 1 aliphatic rings. The van der Waals surface area contributed by atoms with Gasteiger partial charge in [-0.2, -0.15) is 5.10 Å². The summed E-state index contributed by atoms with van der Waals surface area (Å²) in [7, 11) is -1.28. The van der Waals surface area contributed by atoms with E-state index in [9.17, 15) is 8.42 Å². The van der Waals surface area contributed by atoms with Gasteiger partial charge in [0, 0.05) is 32.2 Å². The maximum Gasteiger partial charge on any atom is 0.209 e. The topological polar surface area (TPSA) is 67.2 Å². The second-order valence-electron chi connectivity index (χ2n) is 6.04. The Balaban J connectivity index is 1.73. The molecule has 0 unspecified atom stereocenters. The van der Waals surface area contributed by atoms with E-state index in [1.165, 1.54) is 23.1 Å². The van der Waals surface area contributed by atoms with Crippen LogP contribution in [0, 0.1) is 0 Å². The van der Waals surface area contributed by atoms with Crippen molar-refractivity contribution in [3.05, 3.63) is 52.8 Å². The van der Waals surface area contributed by atoms with Crippen molar-refractivity contribution in [2.45, 2.75) is 26.1 Å². The molecule has 0 atom stereocenters. The fourth-order valence-corrected chi connectivity index (χ4v) is 3.43. The van der Waals surface area contributed by atoms with Crippen LogP contribution >= 0.6 is 0 Å².